The zero-order chi connectivity index (χ0) is 21.2. The first-order valence-electron chi connectivity index (χ1n) is 9.26. The Morgan fingerprint density at radius 1 is 1.32 bits per heavy atom. The van der Waals surface area contributed by atoms with E-state index in [0.29, 0.717) is 17.9 Å². The second-order valence-electron chi connectivity index (χ2n) is 7.74. The maximum atomic E-state index is 13.2. The van der Waals surface area contributed by atoms with Gasteiger partial charge >= 0.3 is 0 Å². The topological polar surface area (TPSA) is 90.4 Å². The number of likely N-dealkylation sites (N-methyl/N-ethyl adjacent to an activating group) is 1. The Bertz CT molecular complexity index is 812. The highest BCUT2D eigenvalue weighted by Crippen LogP contribution is 2.31. The number of fused-ring (bicyclic) bond motifs is 1. The highest BCUT2D eigenvalue weighted by Gasteiger charge is 2.34. The molecule has 0 saturated heterocycles. The molecule has 1 aliphatic heterocycles. The molecule has 0 bridgehead atoms. The molecule has 0 saturated carbocycles. The van der Waals surface area contributed by atoms with Crippen molar-refractivity contribution in [2.75, 3.05) is 52.0 Å². The number of hydrogen-bond donors (Lipinski definition) is 1. The number of amides is 1. The molecular weight excluding hydrogens is 382 g/mol. The van der Waals surface area contributed by atoms with Gasteiger partial charge in [0.2, 0.25) is 10.0 Å². The summed E-state index contributed by atoms with van der Waals surface area (Å²) in [7, 11) is 1.92. The quantitative estimate of drug-likeness (QED) is 0.744. The van der Waals surface area contributed by atoms with Crippen molar-refractivity contribution in [2.24, 2.45) is 5.92 Å². The minimum absolute atomic E-state index is 0.135. The Hall–Kier alpha value is -1.84. The van der Waals surface area contributed by atoms with Gasteiger partial charge < -0.3 is 19.6 Å². The number of sulfonamides is 1. The van der Waals surface area contributed by atoms with Crippen molar-refractivity contribution in [1.29, 1.82) is 0 Å². The molecule has 0 radical (unpaired) electrons. The zero-order valence-corrected chi connectivity index (χ0v) is 18.2. The molecule has 0 aromatic heterocycles. The van der Waals surface area contributed by atoms with E-state index in [4.69, 9.17) is 4.74 Å². The minimum atomic E-state index is -3.36. The van der Waals surface area contributed by atoms with E-state index in [9.17, 15) is 18.3 Å². The Morgan fingerprint density at radius 3 is 2.50 bits per heavy atom. The number of aliphatic hydroxyl groups excluding tert-OH is 1. The van der Waals surface area contributed by atoms with Crippen molar-refractivity contribution < 1.29 is 23.1 Å². The number of carbonyl (C=O) groups is 1. The first-order valence-corrected chi connectivity index (χ1v) is 11.1. The van der Waals surface area contributed by atoms with E-state index in [1.807, 2.05) is 32.0 Å². The molecule has 0 fully saturated rings. The largest absolute Gasteiger partial charge is 0.488 e. The van der Waals surface area contributed by atoms with Gasteiger partial charge in [0.05, 0.1) is 31.0 Å². The molecule has 1 aromatic rings. The SMILES string of the molecule is C[C@H](CO)N1C[C@H](C)[C@H](CN(C)S(C)(=O)=O)Oc2ccc(N(C)C)cc2C1=O. The van der Waals surface area contributed by atoms with Crippen LogP contribution >= 0.6 is 0 Å². The second kappa shape index (κ2) is 8.67. The van der Waals surface area contributed by atoms with Gasteiger partial charge in [0.15, 0.2) is 0 Å². The smallest absolute Gasteiger partial charge is 0.258 e. The zero-order valence-electron chi connectivity index (χ0n) is 17.4. The van der Waals surface area contributed by atoms with Crippen molar-refractivity contribution in [3.8, 4) is 5.75 Å². The molecule has 9 heteroatoms. The first-order chi connectivity index (χ1) is 13.0. The maximum Gasteiger partial charge on any atom is 0.258 e. The van der Waals surface area contributed by atoms with E-state index >= 15 is 0 Å². The Morgan fingerprint density at radius 2 is 1.96 bits per heavy atom. The summed E-state index contributed by atoms with van der Waals surface area (Å²) >= 11 is 0. The third kappa shape index (κ3) is 4.95. The average Bonchev–Trinajstić information content (AvgIpc) is 2.62. The van der Waals surface area contributed by atoms with Gasteiger partial charge in [-0.3, -0.25) is 4.79 Å². The lowest BCUT2D eigenvalue weighted by atomic mass is 9.99. The molecule has 3 atom stereocenters. The lowest BCUT2D eigenvalue weighted by Gasteiger charge is -2.38. The third-order valence-electron chi connectivity index (χ3n) is 5.17. The summed E-state index contributed by atoms with van der Waals surface area (Å²) in [5.41, 5.74) is 1.26. The summed E-state index contributed by atoms with van der Waals surface area (Å²) in [5, 5.41) is 9.64. The fourth-order valence-corrected chi connectivity index (χ4v) is 3.51. The first kappa shape index (κ1) is 22.4. The summed E-state index contributed by atoms with van der Waals surface area (Å²) in [4.78, 5) is 16.7. The van der Waals surface area contributed by atoms with Gasteiger partial charge in [0.1, 0.15) is 11.9 Å². The van der Waals surface area contributed by atoms with Crippen LogP contribution in [-0.2, 0) is 10.0 Å². The van der Waals surface area contributed by atoms with Crippen LogP contribution < -0.4 is 9.64 Å². The van der Waals surface area contributed by atoms with Crippen LogP contribution in [0, 0.1) is 5.92 Å². The van der Waals surface area contributed by atoms with Crippen molar-refractivity contribution in [2.45, 2.75) is 26.0 Å². The summed E-state index contributed by atoms with van der Waals surface area (Å²) in [6.07, 6.45) is 0.715. The molecule has 1 aliphatic rings. The molecule has 1 heterocycles. The monoisotopic (exact) mass is 413 g/mol. The summed E-state index contributed by atoms with van der Waals surface area (Å²) < 4.78 is 31.1. The molecule has 8 nitrogen and oxygen atoms in total. The van der Waals surface area contributed by atoms with E-state index in [-0.39, 0.29) is 31.0 Å². The number of aliphatic hydroxyl groups is 1. The molecular formula is C19H31N3O5S. The highest BCUT2D eigenvalue weighted by molar-refractivity contribution is 7.88. The number of nitrogens with zero attached hydrogens (tertiary/aromatic N) is 3. The second-order valence-corrected chi connectivity index (χ2v) is 9.83. The molecule has 1 N–H and O–H groups in total. The third-order valence-corrected chi connectivity index (χ3v) is 6.45. The highest BCUT2D eigenvalue weighted by atomic mass is 32.2. The van der Waals surface area contributed by atoms with Crippen LogP contribution in [0.2, 0.25) is 0 Å². The van der Waals surface area contributed by atoms with Crippen LogP contribution in [0.1, 0.15) is 24.2 Å². The lowest BCUT2D eigenvalue weighted by molar-refractivity contribution is 0.0387. The fraction of sp³-hybridized carbons (Fsp3) is 0.632. The van der Waals surface area contributed by atoms with Crippen molar-refractivity contribution in [1.82, 2.24) is 9.21 Å². The van der Waals surface area contributed by atoms with Crippen LogP contribution in [0.25, 0.3) is 0 Å². The van der Waals surface area contributed by atoms with Gasteiger partial charge in [0.25, 0.3) is 5.91 Å². The van der Waals surface area contributed by atoms with E-state index in [0.717, 1.165) is 11.9 Å². The van der Waals surface area contributed by atoms with Gasteiger partial charge in [-0.1, -0.05) is 6.92 Å². The van der Waals surface area contributed by atoms with Gasteiger partial charge in [-0.25, -0.2) is 12.7 Å². The summed E-state index contributed by atoms with van der Waals surface area (Å²) in [6, 6.07) is 5.00. The van der Waals surface area contributed by atoms with E-state index in [2.05, 4.69) is 0 Å². The van der Waals surface area contributed by atoms with E-state index in [1.165, 1.54) is 11.4 Å². The molecule has 0 unspecified atom stereocenters. The molecule has 0 aliphatic carbocycles. The van der Waals surface area contributed by atoms with Crippen LogP contribution in [-0.4, -0.2) is 87.9 Å². The van der Waals surface area contributed by atoms with E-state index < -0.39 is 16.1 Å². The number of hydrogen-bond acceptors (Lipinski definition) is 6. The fourth-order valence-electron chi connectivity index (χ4n) is 3.10. The van der Waals surface area contributed by atoms with Gasteiger partial charge in [-0.05, 0) is 25.1 Å². The van der Waals surface area contributed by atoms with Gasteiger partial charge in [-0.15, -0.1) is 0 Å². The molecule has 1 amide bonds. The Balaban J connectivity index is 2.50. The van der Waals surface area contributed by atoms with Gasteiger partial charge in [0, 0.05) is 39.3 Å². The maximum absolute atomic E-state index is 13.2. The standard InChI is InChI=1S/C19H31N3O5S/c1-13-10-22(14(2)12-23)19(24)16-9-15(20(3)4)7-8-17(16)27-18(13)11-21(5)28(6,25)26/h7-9,13-14,18,23H,10-12H2,1-6H3/t13-,14+,18-/m0/s1. The molecule has 28 heavy (non-hydrogen) atoms. The van der Waals surface area contributed by atoms with Crippen LogP contribution in [0.15, 0.2) is 18.2 Å². The molecule has 1 aromatic carbocycles. The summed E-state index contributed by atoms with van der Waals surface area (Å²) in [5.74, 6) is 0.0787. The lowest BCUT2D eigenvalue weighted by Crippen LogP contribution is -2.50. The Labute approximate surface area is 167 Å². The van der Waals surface area contributed by atoms with Crippen LogP contribution in [0.4, 0.5) is 5.69 Å². The van der Waals surface area contributed by atoms with Crippen LogP contribution in [0.3, 0.4) is 0 Å². The number of carbonyl (C=O) groups excluding carboxylic acids is 1. The molecule has 2 rings (SSSR count). The van der Waals surface area contributed by atoms with Gasteiger partial charge in [-0.2, -0.15) is 0 Å². The predicted octanol–water partition coefficient (Wildman–Crippen LogP) is 0.864. The Kier molecular flexibility index (Phi) is 6.95. The summed E-state index contributed by atoms with van der Waals surface area (Å²) in [6.45, 7) is 4.08. The van der Waals surface area contributed by atoms with E-state index in [1.54, 1.807) is 24.0 Å². The number of anilines is 1. The van der Waals surface area contributed by atoms with Crippen molar-refractivity contribution >= 4 is 21.6 Å². The average molecular weight is 414 g/mol. The number of ether oxygens (including phenoxy) is 1. The predicted molar refractivity (Wildman–Crippen MR) is 109 cm³/mol. The molecule has 158 valence electrons. The number of rotatable bonds is 6. The normalized spacial score (nSPS) is 21.6. The number of benzene rings is 1. The van der Waals surface area contributed by atoms with Crippen molar-refractivity contribution in [3.05, 3.63) is 23.8 Å². The van der Waals surface area contributed by atoms with Crippen molar-refractivity contribution in [3.63, 3.8) is 0 Å². The minimum Gasteiger partial charge on any atom is -0.488 e. The molecule has 0 spiro atoms. The van der Waals surface area contributed by atoms with Crippen LogP contribution in [0.5, 0.6) is 5.75 Å².